The molecule has 1 fully saturated rings. The first-order valence-corrected chi connectivity index (χ1v) is 9.21. The smallest absolute Gasteiger partial charge is 0.115 e. The van der Waals surface area contributed by atoms with E-state index in [1.807, 2.05) is 18.2 Å². The highest BCUT2D eigenvalue weighted by Crippen LogP contribution is 2.34. The first kappa shape index (κ1) is 19.4. The molecule has 0 radical (unpaired) electrons. The van der Waals surface area contributed by atoms with Crippen molar-refractivity contribution in [1.29, 1.82) is 0 Å². The average molecular weight is 371 g/mol. The van der Waals surface area contributed by atoms with Crippen LogP contribution in [0.5, 0.6) is 5.75 Å². The van der Waals surface area contributed by atoms with E-state index in [4.69, 9.17) is 0 Å². The Kier molecular flexibility index (Phi) is 5.90. The van der Waals surface area contributed by atoms with Gasteiger partial charge in [0.15, 0.2) is 0 Å². The lowest BCUT2D eigenvalue weighted by atomic mass is 9.91. The molecule has 4 nitrogen and oxygen atoms in total. The largest absolute Gasteiger partial charge is 0.508 e. The SMILES string of the molecule is C=CC(=C)/C(C=C)=C\C=C(/C)N1CC(c2nccnc2-c2ccc(O)cc2)C1. The van der Waals surface area contributed by atoms with Gasteiger partial charge in [0, 0.05) is 42.7 Å². The molecule has 1 N–H and O–H groups in total. The molecule has 2 aromatic rings. The van der Waals surface area contributed by atoms with Crippen molar-refractivity contribution >= 4 is 0 Å². The molecule has 2 heterocycles. The van der Waals surface area contributed by atoms with Crippen molar-refractivity contribution in [3.63, 3.8) is 0 Å². The Labute approximate surface area is 166 Å². The van der Waals surface area contributed by atoms with Crippen LogP contribution in [0.25, 0.3) is 11.3 Å². The van der Waals surface area contributed by atoms with E-state index < -0.39 is 0 Å². The van der Waals surface area contributed by atoms with Gasteiger partial charge in [-0.2, -0.15) is 0 Å². The number of aromatic nitrogens is 2. The predicted octanol–water partition coefficient (Wildman–Crippen LogP) is 5.01. The monoisotopic (exact) mass is 371 g/mol. The molecule has 1 aromatic carbocycles. The number of benzene rings is 1. The van der Waals surface area contributed by atoms with Gasteiger partial charge in [0.1, 0.15) is 5.75 Å². The summed E-state index contributed by atoms with van der Waals surface area (Å²) < 4.78 is 0. The van der Waals surface area contributed by atoms with E-state index >= 15 is 0 Å². The Morgan fingerprint density at radius 1 is 1.07 bits per heavy atom. The van der Waals surface area contributed by atoms with Crippen LogP contribution in [0.3, 0.4) is 0 Å². The molecule has 4 heteroatoms. The summed E-state index contributed by atoms with van der Waals surface area (Å²) in [5.41, 5.74) is 5.86. The van der Waals surface area contributed by atoms with Crippen LogP contribution in [0.15, 0.2) is 97.5 Å². The Bertz CT molecular complexity index is 948. The normalized spacial score (nSPS) is 15.1. The van der Waals surface area contributed by atoms with Gasteiger partial charge in [-0.15, -0.1) is 0 Å². The third-order valence-corrected chi connectivity index (χ3v) is 4.98. The molecule has 28 heavy (non-hydrogen) atoms. The Hall–Kier alpha value is -3.40. The molecule has 0 amide bonds. The highest BCUT2D eigenvalue weighted by molar-refractivity contribution is 5.63. The van der Waals surface area contributed by atoms with Crippen LogP contribution in [-0.4, -0.2) is 33.1 Å². The second kappa shape index (κ2) is 8.53. The van der Waals surface area contributed by atoms with Crippen molar-refractivity contribution < 1.29 is 5.11 Å². The molecule has 1 aromatic heterocycles. The lowest BCUT2D eigenvalue weighted by molar-refractivity contribution is 0.196. The van der Waals surface area contributed by atoms with Crippen LogP contribution >= 0.6 is 0 Å². The number of nitrogens with zero attached hydrogens (tertiary/aromatic N) is 3. The summed E-state index contributed by atoms with van der Waals surface area (Å²) in [5.74, 6) is 0.572. The van der Waals surface area contributed by atoms with Gasteiger partial charge in [-0.1, -0.05) is 38.0 Å². The van der Waals surface area contributed by atoms with Crippen molar-refractivity contribution in [2.75, 3.05) is 13.1 Å². The number of hydrogen-bond acceptors (Lipinski definition) is 4. The first-order chi connectivity index (χ1) is 13.5. The fraction of sp³-hybridized carbons (Fsp3) is 0.167. The zero-order valence-corrected chi connectivity index (χ0v) is 16.2. The maximum absolute atomic E-state index is 9.52. The lowest BCUT2D eigenvalue weighted by Gasteiger charge is -2.41. The van der Waals surface area contributed by atoms with Gasteiger partial charge in [-0.25, -0.2) is 0 Å². The number of rotatable bonds is 7. The van der Waals surface area contributed by atoms with Crippen LogP contribution in [0.1, 0.15) is 18.5 Å². The number of aromatic hydroxyl groups is 1. The third-order valence-electron chi connectivity index (χ3n) is 4.98. The van der Waals surface area contributed by atoms with Crippen LogP contribution in [0.2, 0.25) is 0 Å². The Morgan fingerprint density at radius 2 is 1.75 bits per heavy atom. The molecule has 1 aliphatic rings. The predicted molar refractivity (Wildman–Crippen MR) is 115 cm³/mol. The van der Waals surface area contributed by atoms with Gasteiger partial charge in [-0.05, 0) is 48.4 Å². The molecule has 0 atom stereocenters. The molecule has 0 saturated carbocycles. The highest BCUT2D eigenvalue weighted by atomic mass is 16.3. The van der Waals surface area contributed by atoms with Crippen LogP contribution in [0, 0.1) is 0 Å². The summed E-state index contributed by atoms with van der Waals surface area (Å²) in [5, 5.41) is 9.52. The fourth-order valence-corrected chi connectivity index (χ4v) is 3.17. The number of hydrogen-bond donors (Lipinski definition) is 1. The van der Waals surface area contributed by atoms with E-state index in [9.17, 15) is 5.11 Å². The molecular weight excluding hydrogens is 346 g/mol. The van der Waals surface area contributed by atoms with Crippen molar-refractivity contribution in [1.82, 2.24) is 14.9 Å². The van der Waals surface area contributed by atoms with E-state index in [-0.39, 0.29) is 5.75 Å². The van der Waals surface area contributed by atoms with Crippen molar-refractivity contribution in [2.45, 2.75) is 12.8 Å². The summed E-state index contributed by atoms with van der Waals surface area (Å²) in [6, 6.07) is 7.10. The van der Waals surface area contributed by atoms with Gasteiger partial charge in [0.2, 0.25) is 0 Å². The van der Waals surface area contributed by atoms with Crippen LogP contribution in [-0.2, 0) is 0 Å². The lowest BCUT2D eigenvalue weighted by Crippen LogP contribution is -2.44. The molecular formula is C24H25N3O. The topological polar surface area (TPSA) is 49.2 Å². The molecule has 0 bridgehead atoms. The molecule has 142 valence electrons. The van der Waals surface area contributed by atoms with Gasteiger partial charge in [-0.3, -0.25) is 9.97 Å². The summed E-state index contributed by atoms with van der Waals surface area (Å²) in [6.07, 6.45) is 11.1. The Balaban J connectivity index is 1.73. The van der Waals surface area contributed by atoms with Gasteiger partial charge in [0.05, 0.1) is 11.4 Å². The standard InChI is InChI=1S/C24H25N3O/c1-5-17(3)19(6-2)8-7-18(4)27-15-21(16-27)24-23(25-13-14-26-24)20-9-11-22(28)12-10-20/h5-14,21,28H,1-3,15-16H2,4H3/b18-7+,19-8-. The van der Waals surface area contributed by atoms with E-state index in [1.165, 1.54) is 5.70 Å². The molecule has 3 rings (SSSR count). The molecule has 1 saturated heterocycles. The van der Waals surface area contributed by atoms with E-state index in [2.05, 4.69) is 47.6 Å². The van der Waals surface area contributed by atoms with E-state index in [0.29, 0.717) is 5.92 Å². The quantitative estimate of drug-likeness (QED) is 0.695. The maximum atomic E-state index is 9.52. The number of phenols is 1. The van der Waals surface area contributed by atoms with Gasteiger partial charge < -0.3 is 10.0 Å². The average Bonchev–Trinajstić information content (AvgIpc) is 2.68. The molecule has 1 aliphatic heterocycles. The van der Waals surface area contributed by atoms with Crippen molar-refractivity contribution in [3.05, 3.63) is 103 Å². The fourth-order valence-electron chi connectivity index (χ4n) is 3.17. The number of likely N-dealkylation sites (tertiary alicyclic amines) is 1. The second-order valence-electron chi connectivity index (χ2n) is 6.80. The summed E-state index contributed by atoms with van der Waals surface area (Å²) in [7, 11) is 0. The van der Waals surface area contributed by atoms with Gasteiger partial charge >= 0.3 is 0 Å². The number of phenolic OH excluding ortho intramolecular Hbond substituents is 1. The minimum atomic E-state index is 0.246. The number of allylic oxidation sites excluding steroid dienone is 7. The van der Waals surface area contributed by atoms with Crippen molar-refractivity contribution in [3.8, 4) is 17.0 Å². The summed E-state index contributed by atoms with van der Waals surface area (Å²) in [4.78, 5) is 11.4. The Morgan fingerprint density at radius 3 is 2.39 bits per heavy atom. The third kappa shape index (κ3) is 4.12. The first-order valence-electron chi connectivity index (χ1n) is 9.21. The minimum Gasteiger partial charge on any atom is -0.508 e. The van der Waals surface area contributed by atoms with Crippen LogP contribution < -0.4 is 0 Å². The second-order valence-corrected chi connectivity index (χ2v) is 6.80. The van der Waals surface area contributed by atoms with E-state index in [0.717, 1.165) is 41.2 Å². The zero-order chi connectivity index (χ0) is 20.1. The molecule has 0 spiro atoms. The van der Waals surface area contributed by atoms with Gasteiger partial charge in [0.25, 0.3) is 0 Å². The zero-order valence-electron chi connectivity index (χ0n) is 16.2. The maximum Gasteiger partial charge on any atom is 0.115 e. The van der Waals surface area contributed by atoms with Crippen molar-refractivity contribution in [2.24, 2.45) is 0 Å². The summed E-state index contributed by atoms with van der Waals surface area (Å²) in [6.45, 7) is 15.4. The van der Waals surface area contributed by atoms with E-state index in [1.54, 1.807) is 36.7 Å². The summed E-state index contributed by atoms with van der Waals surface area (Å²) >= 11 is 0. The van der Waals surface area contributed by atoms with Crippen LogP contribution in [0.4, 0.5) is 0 Å². The minimum absolute atomic E-state index is 0.246. The highest BCUT2D eigenvalue weighted by Gasteiger charge is 2.31. The molecule has 0 unspecified atom stereocenters. The molecule has 0 aliphatic carbocycles.